The Labute approximate surface area is 215 Å². The first-order valence-electron chi connectivity index (χ1n) is 13.6. The number of carbonyl (C=O) groups is 3. The van der Waals surface area contributed by atoms with Crippen LogP contribution in [0.4, 0.5) is 4.79 Å². The number of nitrogens with one attached hydrogen (secondary N) is 2. The molecule has 9 heteroatoms. The topological polar surface area (TPSA) is 114 Å². The van der Waals surface area contributed by atoms with Crippen LogP contribution in [0.2, 0.25) is 0 Å². The van der Waals surface area contributed by atoms with E-state index in [2.05, 4.69) is 10.6 Å². The Bertz CT molecular complexity index is 733. The number of thioether (sulfide) groups is 1. The van der Waals surface area contributed by atoms with Gasteiger partial charge in [-0.2, -0.15) is 0 Å². The second kappa shape index (κ2) is 12.7. The van der Waals surface area contributed by atoms with Gasteiger partial charge in [0.2, 0.25) is 11.8 Å². The lowest BCUT2D eigenvalue weighted by Crippen LogP contribution is -2.60. The van der Waals surface area contributed by atoms with E-state index in [1.165, 1.54) is 12.8 Å². The average molecular weight is 511 g/mol. The Morgan fingerprint density at radius 1 is 1.03 bits per heavy atom. The van der Waals surface area contributed by atoms with Crippen LogP contribution in [0.25, 0.3) is 0 Å². The molecule has 1 saturated heterocycles. The van der Waals surface area contributed by atoms with Crippen molar-refractivity contribution in [1.29, 1.82) is 0 Å². The van der Waals surface area contributed by atoms with E-state index in [9.17, 15) is 14.4 Å². The van der Waals surface area contributed by atoms with Gasteiger partial charge in [-0.25, -0.2) is 4.79 Å². The Morgan fingerprint density at radius 3 is 2.31 bits per heavy atom. The highest BCUT2D eigenvalue weighted by molar-refractivity contribution is 8.01. The molecule has 35 heavy (non-hydrogen) atoms. The number of likely N-dealkylation sites (tertiary alicyclic amines) is 1. The smallest absolute Gasteiger partial charge is 0.408 e. The van der Waals surface area contributed by atoms with Gasteiger partial charge in [0.15, 0.2) is 0 Å². The van der Waals surface area contributed by atoms with Crippen molar-refractivity contribution < 1.29 is 19.1 Å². The molecule has 4 N–H and O–H groups in total. The van der Waals surface area contributed by atoms with Gasteiger partial charge in [-0.05, 0) is 85.0 Å². The van der Waals surface area contributed by atoms with Crippen LogP contribution in [-0.4, -0.2) is 70.1 Å². The highest BCUT2D eigenvalue weighted by Gasteiger charge is 2.45. The van der Waals surface area contributed by atoms with Crippen LogP contribution in [0.15, 0.2) is 0 Å². The zero-order chi connectivity index (χ0) is 25.6. The summed E-state index contributed by atoms with van der Waals surface area (Å²) in [5, 5.41) is 6.45. The van der Waals surface area contributed by atoms with E-state index in [-0.39, 0.29) is 24.0 Å². The molecule has 0 spiro atoms. The monoisotopic (exact) mass is 510 g/mol. The van der Waals surface area contributed by atoms with E-state index < -0.39 is 22.9 Å². The van der Waals surface area contributed by atoms with E-state index in [0.717, 1.165) is 44.9 Å². The third-order valence-corrected chi connectivity index (χ3v) is 9.26. The molecule has 0 bridgehead atoms. The molecule has 200 valence electrons. The molecule has 3 rings (SSSR count). The largest absolute Gasteiger partial charge is 0.447 e. The minimum atomic E-state index is -0.771. The molecule has 8 nitrogen and oxygen atoms in total. The number of ether oxygens (including phenoxy) is 1. The lowest BCUT2D eigenvalue weighted by Gasteiger charge is -2.38. The zero-order valence-corrected chi connectivity index (χ0v) is 22.8. The van der Waals surface area contributed by atoms with Gasteiger partial charge in [-0.15, -0.1) is 11.8 Å². The molecular formula is C26H46N4O4S. The summed E-state index contributed by atoms with van der Waals surface area (Å²) < 4.78 is 4.79. The summed E-state index contributed by atoms with van der Waals surface area (Å²) in [4.78, 5) is 41.3. The molecular weight excluding hydrogens is 464 g/mol. The maximum atomic E-state index is 13.9. The van der Waals surface area contributed by atoms with E-state index in [1.807, 2.05) is 13.8 Å². The van der Waals surface area contributed by atoms with Gasteiger partial charge in [0, 0.05) is 29.1 Å². The van der Waals surface area contributed by atoms with Crippen LogP contribution in [0, 0.1) is 5.92 Å². The summed E-state index contributed by atoms with van der Waals surface area (Å²) >= 11 is 1.78. The van der Waals surface area contributed by atoms with E-state index in [1.54, 1.807) is 30.5 Å². The quantitative estimate of drug-likeness (QED) is 0.437. The maximum Gasteiger partial charge on any atom is 0.408 e. The van der Waals surface area contributed by atoms with Gasteiger partial charge < -0.3 is 26.0 Å². The van der Waals surface area contributed by atoms with E-state index >= 15 is 0 Å². The third kappa shape index (κ3) is 8.00. The van der Waals surface area contributed by atoms with Gasteiger partial charge in [0.05, 0.1) is 6.10 Å². The van der Waals surface area contributed by atoms with Crippen molar-refractivity contribution in [1.82, 2.24) is 15.5 Å². The van der Waals surface area contributed by atoms with Gasteiger partial charge in [-0.3, -0.25) is 9.59 Å². The number of carbonyl (C=O) groups excluding carboxylic acids is 3. The predicted octanol–water partition coefficient (Wildman–Crippen LogP) is 3.57. The summed E-state index contributed by atoms with van der Waals surface area (Å²) in [5.41, 5.74) is 6.01. The van der Waals surface area contributed by atoms with E-state index in [4.69, 9.17) is 10.5 Å². The molecule has 0 aromatic heterocycles. The number of nitrogens with two attached hydrogens (primary N) is 1. The normalized spacial score (nSPS) is 26.6. The highest BCUT2D eigenvalue weighted by Crippen LogP contribution is 2.40. The predicted molar refractivity (Wildman–Crippen MR) is 140 cm³/mol. The Morgan fingerprint density at radius 2 is 1.69 bits per heavy atom. The van der Waals surface area contributed by atoms with Gasteiger partial charge >= 0.3 is 6.09 Å². The number of hydrogen-bond donors (Lipinski definition) is 3. The fourth-order valence-corrected chi connectivity index (χ4v) is 7.35. The van der Waals surface area contributed by atoms with Crippen molar-refractivity contribution in [2.24, 2.45) is 11.7 Å². The molecule has 3 fully saturated rings. The lowest BCUT2D eigenvalue weighted by molar-refractivity contribution is -0.140. The van der Waals surface area contributed by atoms with Crippen molar-refractivity contribution in [3.63, 3.8) is 0 Å². The van der Waals surface area contributed by atoms with Crippen LogP contribution < -0.4 is 16.4 Å². The Hall–Kier alpha value is -1.48. The van der Waals surface area contributed by atoms with Crippen LogP contribution >= 0.6 is 11.8 Å². The Balaban J connectivity index is 1.67. The summed E-state index contributed by atoms with van der Waals surface area (Å²) in [6, 6.07) is -0.985. The van der Waals surface area contributed by atoms with Crippen molar-refractivity contribution in [2.75, 3.05) is 13.1 Å². The summed E-state index contributed by atoms with van der Waals surface area (Å²) in [5.74, 6) is 0.171. The lowest BCUT2D eigenvalue weighted by atomic mass is 9.86. The molecule has 0 aromatic carbocycles. The molecule has 2 saturated carbocycles. The first kappa shape index (κ1) is 28.1. The number of amides is 3. The van der Waals surface area contributed by atoms with E-state index in [0.29, 0.717) is 30.7 Å². The van der Waals surface area contributed by atoms with Gasteiger partial charge in [-0.1, -0.05) is 12.8 Å². The molecule has 2 atom stereocenters. The average Bonchev–Trinajstić information content (AvgIpc) is 3.48. The second-order valence-electron chi connectivity index (χ2n) is 11.4. The maximum absolute atomic E-state index is 13.9. The summed E-state index contributed by atoms with van der Waals surface area (Å²) in [6.07, 6.45) is 9.30. The minimum Gasteiger partial charge on any atom is -0.447 e. The first-order valence-corrected chi connectivity index (χ1v) is 14.4. The second-order valence-corrected chi connectivity index (χ2v) is 13.3. The molecule has 3 aliphatic rings. The van der Waals surface area contributed by atoms with Crippen molar-refractivity contribution >= 4 is 29.7 Å². The SMILES string of the molecule is CC(C)OC(=O)N[C@@H](C(=O)N1CCC[C@H]1C(=O)NCC1CCC(N)CC1)C(C)(C)SC1CCCC1. The molecule has 1 aliphatic heterocycles. The van der Waals surface area contributed by atoms with Crippen LogP contribution in [0.3, 0.4) is 0 Å². The number of alkyl carbamates (subject to hydrolysis) is 1. The van der Waals surface area contributed by atoms with Crippen molar-refractivity contribution in [2.45, 2.75) is 126 Å². The molecule has 2 aliphatic carbocycles. The zero-order valence-electron chi connectivity index (χ0n) is 22.0. The van der Waals surface area contributed by atoms with Crippen molar-refractivity contribution in [3.05, 3.63) is 0 Å². The molecule has 3 amide bonds. The van der Waals surface area contributed by atoms with Gasteiger partial charge in [0.25, 0.3) is 0 Å². The van der Waals surface area contributed by atoms with Crippen LogP contribution in [0.1, 0.15) is 91.9 Å². The highest BCUT2D eigenvalue weighted by atomic mass is 32.2. The van der Waals surface area contributed by atoms with Gasteiger partial charge in [0.1, 0.15) is 12.1 Å². The third-order valence-electron chi connectivity index (χ3n) is 7.61. The van der Waals surface area contributed by atoms with Crippen LogP contribution in [0.5, 0.6) is 0 Å². The minimum absolute atomic E-state index is 0.0875. The molecule has 0 unspecified atom stereocenters. The molecule has 1 heterocycles. The standard InChI is InChI=1S/C26H46N4O4S/c1-17(2)34-25(33)29-22(26(3,4)35-20-8-5-6-9-20)24(32)30-15-7-10-21(30)23(31)28-16-18-11-13-19(27)14-12-18/h17-22H,5-16,27H2,1-4H3,(H,28,31)(H,29,33)/t18?,19?,21-,22-/m0/s1. The fraction of sp³-hybridized carbons (Fsp3) is 0.885. The Kier molecular flexibility index (Phi) is 10.2. The molecule has 0 radical (unpaired) electrons. The number of rotatable bonds is 9. The summed E-state index contributed by atoms with van der Waals surface area (Å²) in [6.45, 7) is 8.78. The molecule has 0 aromatic rings. The van der Waals surface area contributed by atoms with Crippen LogP contribution in [-0.2, 0) is 14.3 Å². The first-order chi connectivity index (χ1) is 16.6. The number of nitrogens with zero attached hydrogens (tertiary/aromatic N) is 1. The summed E-state index contributed by atoms with van der Waals surface area (Å²) in [7, 11) is 0. The van der Waals surface area contributed by atoms with Crippen molar-refractivity contribution in [3.8, 4) is 0 Å². The fourth-order valence-electron chi connectivity index (χ4n) is 5.63. The number of hydrogen-bond acceptors (Lipinski definition) is 6.